The minimum Gasteiger partial charge on any atom is -0.508 e. The molecule has 1 spiro atoms. The second kappa shape index (κ2) is 4.96. The molecule has 1 aromatic carbocycles. The summed E-state index contributed by atoms with van der Waals surface area (Å²) in [6.07, 6.45) is 1.55. The van der Waals surface area contributed by atoms with Gasteiger partial charge in [-0.05, 0) is 24.6 Å². The molecule has 2 aliphatic heterocycles. The van der Waals surface area contributed by atoms with Crippen LogP contribution in [0.4, 0.5) is 0 Å². The van der Waals surface area contributed by atoms with Crippen LogP contribution in [0.5, 0.6) is 11.5 Å². The van der Waals surface area contributed by atoms with E-state index in [1.807, 2.05) is 0 Å². The molecule has 0 aliphatic carbocycles. The lowest BCUT2D eigenvalue weighted by molar-refractivity contribution is -0.183. The number of ether oxygens (including phenoxy) is 2. The summed E-state index contributed by atoms with van der Waals surface area (Å²) >= 11 is 0. The van der Waals surface area contributed by atoms with Gasteiger partial charge in [0.15, 0.2) is 5.79 Å². The largest absolute Gasteiger partial charge is 0.508 e. The maximum absolute atomic E-state index is 12.5. The van der Waals surface area contributed by atoms with E-state index in [1.54, 1.807) is 4.90 Å². The molecule has 0 unspecified atom stereocenters. The molecule has 2 fully saturated rings. The first kappa shape index (κ1) is 13.2. The van der Waals surface area contributed by atoms with Crippen LogP contribution in [0.25, 0.3) is 0 Å². The van der Waals surface area contributed by atoms with Crippen LogP contribution in [0, 0.1) is 0 Å². The van der Waals surface area contributed by atoms with Gasteiger partial charge in [-0.2, -0.15) is 0 Å². The molecule has 6 heteroatoms. The number of phenolic OH excluding ortho intramolecular Hbond substituents is 2. The standard InChI is InChI=1S/C14H17NO5/c16-10-2-3-12(17)11(8-10)13(18)15-5-1-4-14(9-15)19-6-7-20-14/h2-3,8,16-17H,1,4-7,9H2. The number of amides is 1. The number of aromatic hydroxyl groups is 2. The Morgan fingerprint density at radius 3 is 2.75 bits per heavy atom. The Bertz CT molecular complexity index is 524. The first-order chi connectivity index (χ1) is 9.60. The first-order valence-electron chi connectivity index (χ1n) is 6.69. The van der Waals surface area contributed by atoms with E-state index in [-0.39, 0.29) is 23.0 Å². The Morgan fingerprint density at radius 2 is 2.00 bits per heavy atom. The number of hydrogen-bond donors (Lipinski definition) is 2. The van der Waals surface area contributed by atoms with Gasteiger partial charge >= 0.3 is 0 Å². The lowest BCUT2D eigenvalue weighted by Gasteiger charge is -2.38. The monoisotopic (exact) mass is 279 g/mol. The summed E-state index contributed by atoms with van der Waals surface area (Å²) in [5.41, 5.74) is 0.0973. The lowest BCUT2D eigenvalue weighted by Crippen LogP contribution is -2.51. The molecule has 0 saturated carbocycles. The Balaban J connectivity index is 1.81. The Kier molecular flexibility index (Phi) is 3.27. The maximum atomic E-state index is 12.5. The van der Waals surface area contributed by atoms with Crippen molar-refractivity contribution in [3.8, 4) is 11.5 Å². The van der Waals surface area contributed by atoms with Gasteiger partial charge in [-0.1, -0.05) is 0 Å². The van der Waals surface area contributed by atoms with E-state index in [1.165, 1.54) is 18.2 Å². The zero-order valence-corrected chi connectivity index (χ0v) is 11.0. The van der Waals surface area contributed by atoms with Crippen LogP contribution in [0.2, 0.25) is 0 Å². The first-order valence-corrected chi connectivity index (χ1v) is 6.69. The molecule has 1 aromatic rings. The number of phenols is 2. The van der Waals surface area contributed by atoms with Gasteiger partial charge in [0.1, 0.15) is 11.5 Å². The quantitative estimate of drug-likeness (QED) is 0.752. The molecule has 2 aliphatic rings. The number of piperidine rings is 1. The second-order valence-electron chi connectivity index (χ2n) is 5.14. The fourth-order valence-electron chi connectivity index (χ4n) is 2.76. The molecular formula is C14H17NO5. The summed E-state index contributed by atoms with van der Waals surface area (Å²) in [6, 6.07) is 3.92. The molecular weight excluding hydrogens is 262 g/mol. The van der Waals surface area contributed by atoms with Gasteiger partial charge in [0, 0.05) is 13.0 Å². The molecule has 2 N–H and O–H groups in total. The highest BCUT2D eigenvalue weighted by molar-refractivity contribution is 5.97. The highest BCUT2D eigenvalue weighted by Crippen LogP contribution is 2.32. The summed E-state index contributed by atoms with van der Waals surface area (Å²) in [5, 5.41) is 19.2. The number of carbonyl (C=O) groups excluding carboxylic acids is 1. The summed E-state index contributed by atoms with van der Waals surface area (Å²) in [6.45, 7) is 2.02. The SMILES string of the molecule is O=C(c1cc(O)ccc1O)N1CCCC2(C1)OCCO2. The molecule has 2 heterocycles. The molecule has 2 saturated heterocycles. The summed E-state index contributed by atoms with van der Waals surface area (Å²) < 4.78 is 11.2. The molecule has 0 aromatic heterocycles. The Labute approximate surface area is 116 Å². The number of benzene rings is 1. The van der Waals surface area contributed by atoms with Crippen LogP contribution >= 0.6 is 0 Å². The zero-order chi connectivity index (χ0) is 14.2. The third kappa shape index (κ3) is 2.32. The second-order valence-corrected chi connectivity index (χ2v) is 5.14. The molecule has 6 nitrogen and oxygen atoms in total. The van der Waals surface area contributed by atoms with Gasteiger partial charge in [0.2, 0.25) is 0 Å². The van der Waals surface area contributed by atoms with Crippen molar-refractivity contribution in [2.45, 2.75) is 18.6 Å². The normalized spacial score (nSPS) is 21.3. The number of likely N-dealkylation sites (tertiary alicyclic amines) is 1. The van der Waals surface area contributed by atoms with Crippen molar-refractivity contribution in [1.82, 2.24) is 4.90 Å². The minimum absolute atomic E-state index is 0.0498. The summed E-state index contributed by atoms with van der Waals surface area (Å²) in [5.74, 6) is -1.20. The fraction of sp³-hybridized carbons (Fsp3) is 0.500. The molecule has 1 amide bonds. The number of nitrogens with zero attached hydrogens (tertiary/aromatic N) is 1. The molecule has 0 bridgehead atoms. The highest BCUT2D eigenvalue weighted by atomic mass is 16.7. The average molecular weight is 279 g/mol. The van der Waals surface area contributed by atoms with Gasteiger partial charge in [-0.25, -0.2) is 0 Å². The molecule has 20 heavy (non-hydrogen) atoms. The molecule has 108 valence electrons. The van der Waals surface area contributed by atoms with E-state index in [0.717, 1.165) is 12.8 Å². The van der Waals surface area contributed by atoms with Gasteiger partial charge < -0.3 is 24.6 Å². The van der Waals surface area contributed by atoms with Gasteiger partial charge in [-0.15, -0.1) is 0 Å². The minimum atomic E-state index is -0.694. The molecule has 0 radical (unpaired) electrons. The van der Waals surface area contributed by atoms with E-state index >= 15 is 0 Å². The maximum Gasteiger partial charge on any atom is 0.257 e. The third-order valence-electron chi connectivity index (χ3n) is 3.73. The van der Waals surface area contributed by atoms with Crippen molar-refractivity contribution in [2.75, 3.05) is 26.3 Å². The lowest BCUT2D eigenvalue weighted by atomic mass is 10.0. The topological polar surface area (TPSA) is 79.2 Å². The van der Waals surface area contributed by atoms with Crippen LogP contribution in [0.3, 0.4) is 0 Å². The fourth-order valence-corrected chi connectivity index (χ4v) is 2.76. The van der Waals surface area contributed by atoms with Gasteiger partial charge in [0.25, 0.3) is 5.91 Å². The van der Waals surface area contributed by atoms with Gasteiger partial charge in [0.05, 0.1) is 25.3 Å². The van der Waals surface area contributed by atoms with Crippen LogP contribution in [-0.2, 0) is 9.47 Å². The van der Waals surface area contributed by atoms with E-state index in [4.69, 9.17) is 9.47 Å². The Morgan fingerprint density at radius 1 is 1.25 bits per heavy atom. The van der Waals surface area contributed by atoms with Crippen LogP contribution in [0.1, 0.15) is 23.2 Å². The van der Waals surface area contributed by atoms with Crippen LogP contribution < -0.4 is 0 Å². The van der Waals surface area contributed by atoms with E-state index in [2.05, 4.69) is 0 Å². The van der Waals surface area contributed by atoms with Crippen molar-refractivity contribution in [3.63, 3.8) is 0 Å². The number of carbonyl (C=O) groups is 1. The number of rotatable bonds is 1. The smallest absolute Gasteiger partial charge is 0.257 e. The highest BCUT2D eigenvalue weighted by Gasteiger charge is 2.42. The third-order valence-corrected chi connectivity index (χ3v) is 3.73. The van der Waals surface area contributed by atoms with Crippen molar-refractivity contribution >= 4 is 5.91 Å². The van der Waals surface area contributed by atoms with Crippen molar-refractivity contribution < 1.29 is 24.5 Å². The summed E-state index contributed by atoms with van der Waals surface area (Å²) in [4.78, 5) is 14.1. The number of hydrogen-bond acceptors (Lipinski definition) is 5. The Hall–Kier alpha value is -1.79. The van der Waals surface area contributed by atoms with Gasteiger partial charge in [-0.3, -0.25) is 4.79 Å². The zero-order valence-electron chi connectivity index (χ0n) is 11.0. The van der Waals surface area contributed by atoms with E-state index in [0.29, 0.717) is 26.3 Å². The molecule has 3 rings (SSSR count). The van der Waals surface area contributed by atoms with Crippen molar-refractivity contribution in [3.05, 3.63) is 23.8 Å². The van der Waals surface area contributed by atoms with E-state index in [9.17, 15) is 15.0 Å². The van der Waals surface area contributed by atoms with Crippen LogP contribution in [-0.4, -0.2) is 53.1 Å². The van der Waals surface area contributed by atoms with Crippen molar-refractivity contribution in [2.24, 2.45) is 0 Å². The predicted octanol–water partition coefficient (Wildman–Crippen LogP) is 1.08. The predicted molar refractivity (Wildman–Crippen MR) is 69.5 cm³/mol. The summed E-state index contributed by atoms with van der Waals surface area (Å²) in [7, 11) is 0. The molecule has 0 atom stereocenters. The van der Waals surface area contributed by atoms with Crippen LogP contribution in [0.15, 0.2) is 18.2 Å². The van der Waals surface area contributed by atoms with E-state index < -0.39 is 5.79 Å². The average Bonchev–Trinajstić information content (AvgIpc) is 2.88. The van der Waals surface area contributed by atoms with Crippen molar-refractivity contribution in [1.29, 1.82) is 0 Å².